The van der Waals surface area contributed by atoms with Crippen molar-refractivity contribution in [3.8, 4) is 0 Å². The van der Waals surface area contributed by atoms with Gasteiger partial charge in [0.25, 0.3) is 5.56 Å². The Labute approximate surface area is 187 Å². The molecular weight excluding hydrogens is 404 g/mol. The van der Waals surface area contributed by atoms with E-state index in [1.54, 1.807) is 6.20 Å². The molecule has 2 N–H and O–H groups in total. The average Bonchev–Trinajstić information content (AvgIpc) is 3.60. The van der Waals surface area contributed by atoms with E-state index in [2.05, 4.69) is 15.2 Å². The van der Waals surface area contributed by atoms with E-state index in [9.17, 15) is 14.7 Å². The lowest BCUT2D eigenvalue weighted by Crippen LogP contribution is -2.46. The molecule has 32 heavy (non-hydrogen) atoms. The number of carbonyl (C=O) groups is 1. The highest BCUT2D eigenvalue weighted by atomic mass is 16.3. The molecule has 0 aromatic carbocycles. The van der Waals surface area contributed by atoms with Crippen LogP contribution in [-0.2, 0) is 17.9 Å². The minimum Gasteiger partial charge on any atom is -0.396 e. The van der Waals surface area contributed by atoms with Crippen molar-refractivity contribution in [3.05, 3.63) is 69.9 Å². The normalized spacial score (nSPS) is 26.9. The Morgan fingerprint density at radius 3 is 2.84 bits per heavy atom. The molecule has 168 valence electrons. The van der Waals surface area contributed by atoms with E-state index in [1.165, 1.54) is 12.8 Å². The third-order valence-corrected chi connectivity index (χ3v) is 7.20. The van der Waals surface area contributed by atoms with Gasteiger partial charge in [0, 0.05) is 61.9 Å². The van der Waals surface area contributed by atoms with Gasteiger partial charge in [-0.15, -0.1) is 0 Å². The number of aromatic nitrogens is 2. The Balaban J connectivity index is 1.56. The van der Waals surface area contributed by atoms with Crippen LogP contribution in [-0.4, -0.2) is 44.7 Å². The minimum atomic E-state index is -0.402. The summed E-state index contributed by atoms with van der Waals surface area (Å²) < 4.78 is 1.82. The number of nitrogens with one attached hydrogen (secondary N) is 1. The molecule has 7 nitrogen and oxygen atoms in total. The molecule has 2 fully saturated rings. The number of hydrogen-bond donors (Lipinski definition) is 2. The summed E-state index contributed by atoms with van der Waals surface area (Å²) in [7, 11) is 0. The summed E-state index contributed by atoms with van der Waals surface area (Å²) in [6.07, 6.45) is 9.60. The summed E-state index contributed by atoms with van der Waals surface area (Å²) in [6.45, 7) is 3.59. The maximum Gasteiger partial charge on any atom is 0.258 e. The Bertz CT molecular complexity index is 1080. The van der Waals surface area contributed by atoms with Gasteiger partial charge >= 0.3 is 0 Å². The quantitative estimate of drug-likeness (QED) is 0.696. The fraction of sp³-hybridized carbons (Fsp3) is 0.480. The zero-order chi connectivity index (χ0) is 22.2. The Hall–Kier alpha value is -2.77. The Kier molecular flexibility index (Phi) is 5.69. The molecule has 1 saturated heterocycles. The maximum absolute atomic E-state index is 13.4. The van der Waals surface area contributed by atoms with Gasteiger partial charge in [0.05, 0.1) is 12.0 Å². The lowest BCUT2D eigenvalue weighted by Gasteiger charge is -2.38. The van der Waals surface area contributed by atoms with Gasteiger partial charge in [-0.25, -0.2) is 0 Å². The Morgan fingerprint density at radius 1 is 1.31 bits per heavy atom. The van der Waals surface area contributed by atoms with Crippen LogP contribution in [0.15, 0.2) is 47.5 Å². The summed E-state index contributed by atoms with van der Waals surface area (Å²) in [5.74, 6) is -0.0726. The third-order valence-electron chi connectivity index (χ3n) is 7.20. The van der Waals surface area contributed by atoms with Crippen molar-refractivity contribution in [1.82, 2.24) is 19.8 Å². The molecule has 0 unspecified atom stereocenters. The molecule has 1 aliphatic carbocycles. The van der Waals surface area contributed by atoms with E-state index in [1.807, 2.05) is 54.1 Å². The number of nitrogens with zero attached hydrogens (tertiary/aromatic N) is 3. The van der Waals surface area contributed by atoms with Crippen molar-refractivity contribution in [2.75, 3.05) is 13.2 Å². The molecule has 1 saturated carbocycles. The van der Waals surface area contributed by atoms with Crippen LogP contribution in [0, 0.1) is 17.8 Å². The first kappa shape index (κ1) is 21.1. The first-order valence-electron chi connectivity index (χ1n) is 11.5. The lowest BCUT2D eigenvalue weighted by molar-refractivity contribution is -0.127. The molecule has 1 amide bonds. The van der Waals surface area contributed by atoms with Crippen LogP contribution in [0.25, 0.3) is 6.08 Å². The van der Waals surface area contributed by atoms with Crippen LogP contribution < -0.4 is 10.9 Å². The second-order valence-electron chi connectivity index (χ2n) is 9.24. The van der Waals surface area contributed by atoms with Crippen LogP contribution in [0.5, 0.6) is 0 Å². The standard InChI is InChI=1S/C25H30N4O3/c1-2-4-18-8-9-20-23-22(24(31)27-12-16-6-7-16)19(15-30)21(14-29(20)25(18)32)28(23)13-17-5-3-10-26-11-17/h2-5,8-11,16,19,21-23,30H,6-7,12-15H2,1H3,(H,27,31)/b4-2+/t19-,21-,22+,23+/m1/s1. The van der Waals surface area contributed by atoms with Gasteiger partial charge in [-0.05, 0) is 49.4 Å². The number of amides is 1. The van der Waals surface area contributed by atoms with Gasteiger partial charge in [-0.2, -0.15) is 0 Å². The average molecular weight is 435 g/mol. The molecule has 4 heterocycles. The molecule has 7 heteroatoms. The van der Waals surface area contributed by atoms with Crippen molar-refractivity contribution >= 4 is 12.0 Å². The second-order valence-corrected chi connectivity index (χ2v) is 9.24. The number of rotatable bonds is 7. The first-order valence-corrected chi connectivity index (χ1v) is 11.5. The monoisotopic (exact) mass is 434 g/mol. The molecule has 4 atom stereocenters. The van der Waals surface area contributed by atoms with E-state index >= 15 is 0 Å². The summed E-state index contributed by atoms with van der Waals surface area (Å²) in [5, 5.41) is 13.5. The highest BCUT2D eigenvalue weighted by Crippen LogP contribution is 2.49. The highest BCUT2D eigenvalue weighted by molar-refractivity contribution is 5.80. The molecular formula is C25H30N4O3. The number of allylic oxidation sites excluding steroid dienone is 1. The van der Waals surface area contributed by atoms with E-state index < -0.39 is 5.92 Å². The molecule has 0 spiro atoms. The molecule has 2 aromatic rings. The van der Waals surface area contributed by atoms with Crippen LogP contribution in [0.4, 0.5) is 0 Å². The van der Waals surface area contributed by atoms with Crippen molar-refractivity contribution in [2.24, 2.45) is 17.8 Å². The summed E-state index contributed by atoms with van der Waals surface area (Å²) in [5.41, 5.74) is 2.52. The first-order chi connectivity index (χ1) is 15.6. The summed E-state index contributed by atoms with van der Waals surface area (Å²) in [4.78, 5) is 33.1. The fourth-order valence-corrected chi connectivity index (χ4v) is 5.45. The number of aliphatic hydroxyl groups excluding tert-OH is 1. The van der Waals surface area contributed by atoms with E-state index in [4.69, 9.17) is 0 Å². The zero-order valence-corrected chi connectivity index (χ0v) is 18.4. The van der Waals surface area contributed by atoms with Gasteiger partial charge in [0.1, 0.15) is 0 Å². The van der Waals surface area contributed by atoms with Gasteiger partial charge in [-0.1, -0.05) is 18.2 Å². The zero-order valence-electron chi connectivity index (χ0n) is 18.4. The maximum atomic E-state index is 13.4. The van der Waals surface area contributed by atoms with Crippen molar-refractivity contribution < 1.29 is 9.90 Å². The summed E-state index contributed by atoms with van der Waals surface area (Å²) >= 11 is 0. The smallest absolute Gasteiger partial charge is 0.258 e. The molecule has 0 radical (unpaired) electrons. The summed E-state index contributed by atoms with van der Waals surface area (Å²) in [6, 6.07) is 7.40. The number of hydrogen-bond acceptors (Lipinski definition) is 5. The predicted molar refractivity (Wildman–Crippen MR) is 122 cm³/mol. The van der Waals surface area contributed by atoms with Crippen molar-refractivity contribution in [3.63, 3.8) is 0 Å². The van der Waals surface area contributed by atoms with E-state index in [0.717, 1.165) is 11.3 Å². The highest BCUT2D eigenvalue weighted by Gasteiger charge is 2.55. The SMILES string of the molecule is C/C=C/c1ccc2n(c1=O)C[C@@H]1[C@@H](CO)[C@H](C(=O)NCC3CC3)[C@H]2N1Cc1cccnc1. The van der Waals surface area contributed by atoms with E-state index in [0.29, 0.717) is 31.1 Å². The number of aliphatic hydroxyl groups is 1. The van der Waals surface area contributed by atoms with Crippen molar-refractivity contribution in [2.45, 2.75) is 44.9 Å². The number of pyridine rings is 2. The number of fused-ring (bicyclic) bond motifs is 4. The van der Waals surface area contributed by atoms with Crippen LogP contribution >= 0.6 is 0 Å². The molecule has 5 rings (SSSR count). The van der Waals surface area contributed by atoms with Gasteiger partial charge in [0.15, 0.2) is 0 Å². The largest absolute Gasteiger partial charge is 0.396 e. The molecule has 3 aliphatic rings. The molecule has 2 bridgehead atoms. The predicted octanol–water partition coefficient (Wildman–Crippen LogP) is 1.97. The van der Waals surface area contributed by atoms with Gasteiger partial charge < -0.3 is 15.0 Å². The van der Waals surface area contributed by atoms with Gasteiger partial charge in [0.2, 0.25) is 5.91 Å². The molecule has 2 aromatic heterocycles. The second kappa shape index (κ2) is 8.64. The van der Waals surface area contributed by atoms with E-state index in [-0.39, 0.29) is 36.1 Å². The Morgan fingerprint density at radius 2 is 2.16 bits per heavy atom. The minimum absolute atomic E-state index is 0.0157. The molecule has 2 aliphatic heterocycles. The number of carbonyl (C=O) groups excluding carboxylic acids is 1. The van der Waals surface area contributed by atoms with Crippen LogP contribution in [0.1, 0.15) is 42.6 Å². The third kappa shape index (κ3) is 3.69. The van der Waals surface area contributed by atoms with Crippen LogP contribution in [0.3, 0.4) is 0 Å². The fourth-order valence-electron chi connectivity index (χ4n) is 5.45. The lowest BCUT2D eigenvalue weighted by atomic mass is 9.86. The van der Waals surface area contributed by atoms with Gasteiger partial charge in [-0.3, -0.25) is 19.5 Å². The topological polar surface area (TPSA) is 87.5 Å². The van der Waals surface area contributed by atoms with Crippen molar-refractivity contribution in [1.29, 1.82) is 0 Å². The van der Waals surface area contributed by atoms with Crippen LogP contribution in [0.2, 0.25) is 0 Å².